The molecule has 112 valence electrons. The first kappa shape index (κ1) is 15.2. The van der Waals surface area contributed by atoms with Crippen LogP contribution in [0.1, 0.15) is 6.42 Å². The lowest BCUT2D eigenvalue weighted by atomic mass is 9.91. The van der Waals surface area contributed by atoms with Gasteiger partial charge in [-0.3, -0.25) is 4.79 Å². The summed E-state index contributed by atoms with van der Waals surface area (Å²) in [5.41, 5.74) is 0.875. The molecule has 1 atom stereocenters. The Morgan fingerprint density at radius 2 is 1.95 bits per heavy atom. The highest BCUT2D eigenvalue weighted by atomic mass is 16.7. The highest BCUT2D eigenvalue weighted by Gasteiger charge is 2.58. The van der Waals surface area contributed by atoms with Crippen LogP contribution >= 0.6 is 0 Å². The first-order chi connectivity index (χ1) is 9.64. The topological polar surface area (TPSA) is 57.2 Å². The molecule has 1 unspecified atom stereocenters. The summed E-state index contributed by atoms with van der Waals surface area (Å²) in [6.07, 6.45) is 6.05. The van der Waals surface area contributed by atoms with Gasteiger partial charge in [0.1, 0.15) is 0 Å². The van der Waals surface area contributed by atoms with Crippen LogP contribution < -0.4 is 0 Å². The van der Waals surface area contributed by atoms with E-state index in [0.717, 1.165) is 5.70 Å². The van der Waals surface area contributed by atoms with Gasteiger partial charge in [-0.25, -0.2) is 0 Å². The van der Waals surface area contributed by atoms with Crippen LogP contribution in [0, 0.1) is 5.92 Å². The van der Waals surface area contributed by atoms with Crippen molar-refractivity contribution >= 4 is 5.91 Å². The first-order valence-electron chi connectivity index (χ1n) is 6.49. The Balaban J connectivity index is 2.34. The summed E-state index contributed by atoms with van der Waals surface area (Å²) in [6, 6.07) is 0. The molecule has 2 rings (SSSR count). The van der Waals surface area contributed by atoms with Crippen molar-refractivity contribution < 1.29 is 23.7 Å². The number of carbonyl (C=O) groups excluding carboxylic acids is 1. The van der Waals surface area contributed by atoms with E-state index in [4.69, 9.17) is 18.9 Å². The van der Waals surface area contributed by atoms with Crippen molar-refractivity contribution in [2.24, 2.45) is 5.92 Å². The summed E-state index contributed by atoms with van der Waals surface area (Å²) in [5.74, 6) is -1.63. The van der Waals surface area contributed by atoms with Crippen molar-refractivity contribution in [3.05, 3.63) is 23.9 Å². The molecular formula is C14H21NO5. The number of likely N-dealkylation sites (tertiary alicyclic amines) is 1. The molecule has 1 fully saturated rings. The van der Waals surface area contributed by atoms with E-state index >= 15 is 0 Å². The van der Waals surface area contributed by atoms with Gasteiger partial charge in [-0.05, 0) is 12.5 Å². The molecule has 20 heavy (non-hydrogen) atoms. The third-order valence-corrected chi connectivity index (χ3v) is 3.91. The Labute approximate surface area is 118 Å². The molecule has 1 saturated heterocycles. The van der Waals surface area contributed by atoms with Crippen molar-refractivity contribution in [1.29, 1.82) is 0 Å². The van der Waals surface area contributed by atoms with Crippen LogP contribution in [-0.2, 0) is 23.7 Å². The van der Waals surface area contributed by atoms with Gasteiger partial charge in [-0.2, -0.15) is 0 Å². The minimum Gasteiger partial charge on any atom is -0.354 e. The maximum absolute atomic E-state index is 12.7. The fraction of sp³-hybridized carbons (Fsp3) is 0.643. The Morgan fingerprint density at radius 1 is 1.30 bits per heavy atom. The molecule has 0 spiro atoms. The van der Waals surface area contributed by atoms with Crippen LogP contribution in [0.2, 0.25) is 0 Å². The number of allylic oxidation sites excluding steroid dienone is 3. The molecule has 6 nitrogen and oxygen atoms in total. The van der Waals surface area contributed by atoms with Crippen molar-refractivity contribution in [3.8, 4) is 0 Å². The van der Waals surface area contributed by atoms with E-state index in [1.54, 1.807) is 19.1 Å². The number of hydrogen-bond acceptors (Lipinski definition) is 5. The van der Waals surface area contributed by atoms with E-state index in [-0.39, 0.29) is 11.8 Å². The largest absolute Gasteiger partial charge is 0.354 e. The zero-order chi connectivity index (χ0) is 14.8. The van der Waals surface area contributed by atoms with Crippen LogP contribution in [0.25, 0.3) is 0 Å². The summed E-state index contributed by atoms with van der Waals surface area (Å²) in [5, 5.41) is 0. The molecule has 0 bridgehead atoms. The molecule has 0 aromatic heterocycles. The lowest BCUT2D eigenvalue weighted by Crippen LogP contribution is -2.48. The minimum absolute atomic E-state index is 0.149. The standard InChI is InChI=1S/C14H21NO5/c1-17-12(18-2)9-15-11-8-6-5-7-10(11)14(19-3,20-4)13(15)16/h5-6,8,10,12H,7,9H2,1-4H3. The fourth-order valence-electron chi connectivity index (χ4n) is 2.83. The monoisotopic (exact) mass is 283 g/mol. The zero-order valence-corrected chi connectivity index (χ0v) is 12.3. The van der Waals surface area contributed by atoms with E-state index in [0.29, 0.717) is 13.0 Å². The SMILES string of the molecule is COC(CN1C(=O)C(OC)(OC)C2CC=CC=C21)OC. The average Bonchev–Trinajstić information content (AvgIpc) is 2.73. The van der Waals surface area contributed by atoms with Gasteiger partial charge >= 0.3 is 0 Å². The molecule has 1 aliphatic heterocycles. The van der Waals surface area contributed by atoms with Crippen LogP contribution in [0.5, 0.6) is 0 Å². The van der Waals surface area contributed by atoms with Gasteiger partial charge in [0.25, 0.3) is 11.7 Å². The summed E-state index contributed by atoms with van der Waals surface area (Å²) in [7, 11) is 6.07. The predicted octanol–water partition coefficient (Wildman–Crippen LogP) is 0.897. The number of nitrogens with zero attached hydrogens (tertiary/aromatic N) is 1. The number of amides is 1. The third-order valence-electron chi connectivity index (χ3n) is 3.91. The van der Waals surface area contributed by atoms with Gasteiger partial charge in [0.15, 0.2) is 6.29 Å². The molecule has 2 aliphatic rings. The molecule has 1 heterocycles. The van der Waals surface area contributed by atoms with Gasteiger partial charge in [0, 0.05) is 34.1 Å². The summed E-state index contributed by atoms with van der Waals surface area (Å²) in [4.78, 5) is 14.3. The van der Waals surface area contributed by atoms with Crippen LogP contribution in [0.15, 0.2) is 23.9 Å². The lowest BCUT2D eigenvalue weighted by molar-refractivity contribution is -0.221. The lowest BCUT2D eigenvalue weighted by Gasteiger charge is -2.29. The second-order valence-corrected chi connectivity index (χ2v) is 4.70. The maximum Gasteiger partial charge on any atom is 0.287 e. The van der Waals surface area contributed by atoms with Crippen LogP contribution in [-0.4, -0.2) is 57.9 Å². The summed E-state index contributed by atoms with van der Waals surface area (Å²) >= 11 is 0. The number of methoxy groups -OCH3 is 4. The van der Waals surface area contributed by atoms with E-state index < -0.39 is 12.1 Å². The molecular weight excluding hydrogens is 262 g/mol. The van der Waals surface area contributed by atoms with E-state index in [1.165, 1.54) is 14.2 Å². The van der Waals surface area contributed by atoms with Crippen LogP contribution in [0.4, 0.5) is 0 Å². The quantitative estimate of drug-likeness (QED) is 0.678. The van der Waals surface area contributed by atoms with Crippen molar-refractivity contribution in [3.63, 3.8) is 0 Å². The van der Waals surface area contributed by atoms with Gasteiger partial charge in [-0.1, -0.05) is 12.2 Å². The minimum atomic E-state index is -1.26. The van der Waals surface area contributed by atoms with Gasteiger partial charge < -0.3 is 23.8 Å². The van der Waals surface area contributed by atoms with Crippen molar-refractivity contribution in [2.75, 3.05) is 35.0 Å². The van der Waals surface area contributed by atoms with Crippen molar-refractivity contribution in [2.45, 2.75) is 18.5 Å². The first-order valence-corrected chi connectivity index (χ1v) is 6.49. The third kappa shape index (κ3) is 2.18. The van der Waals surface area contributed by atoms with Gasteiger partial charge in [-0.15, -0.1) is 0 Å². The van der Waals surface area contributed by atoms with Gasteiger partial charge in [0.2, 0.25) is 0 Å². The number of fused-ring (bicyclic) bond motifs is 1. The average molecular weight is 283 g/mol. The second kappa shape index (κ2) is 6.05. The molecule has 0 saturated carbocycles. The summed E-state index contributed by atoms with van der Waals surface area (Å²) in [6.45, 7) is 0.302. The number of ether oxygens (including phenoxy) is 4. The van der Waals surface area contributed by atoms with Crippen molar-refractivity contribution in [1.82, 2.24) is 4.90 Å². The highest BCUT2D eigenvalue weighted by molar-refractivity contribution is 5.90. The molecule has 0 radical (unpaired) electrons. The number of carbonyl (C=O) groups is 1. The molecule has 1 amide bonds. The Morgan fingerprint density at radius 3 is 2.50 bits per heavy atom. The smallest absolute Gasteiger partial charge is 0.287 e. The normalized spacial score (nSPS) is 24.2. The summed E-state index contributed by atoms with van der Waals surface area (Å²) < 4.78 is 21.2. The van der Waals surface area contributed by atoms with E-state index in [9.17, 15) is 4.79 Å². The molecule has 1 aliphatic carbocycles. The zero-order valence-electron chi connectivity index (χ0n) is 12.3. The highest BCUT2D eigenvalue weighted by Crippen LogP contribution is 2.44. The van der Waals surface area contributed by atoms with Gasteiger partial charge in [0.05, 0.1) is 12.5 Å². The Kier molecular flexibility index (Phi) is 4.59. The van der Waals surface area contributed by atoms with Crippen LogP contribution in [0.3, 0.4) is 0 Å². The number of hydrogen-bond donors (Lipinski definition) is 0. The molecule has 0 aromatic rings. The Hall–Kier alpha value is -1.21. The fourth-order valence-corrected chi connectivity index (χ4v) is 2.83. The number of rotatable bonds is 6. The second-order valence-electron chi connectivity index (χ2n) is 4.70. The molecule has 0 N–H and O–H groups in total. The molecule has 6 heteroatoms. The molecule has 0 aromatic carbocycles. The maximum atomic E-state index is 12.7. The predicted molar refractivity (Wildman–Crippen MR) is 71.6 cm³/mol. The van der Waals surface area contributed by atoms with E-state index in [1.807, 2.05) is 18.2 Å². The van der Waals surface area contributed by atoms with E-state index in [2.05, 4.69) is 0 Å². The Bertz CT molecular complexity index is 423.